The van der Waals surface area contributed by atoms with E-state index in [0.717, 1.165) is 6.07 Å². The van der Waals surface area contributed by atoms with Crippen molar-refractivity contribution in [2.45, 2.75) is 16.0 Å². The molecular formula is C16H13FN2O3S. The molecule has 7 heteroatoms. The minimum absolute atomic E-state index is 0.0281. The van der Waals surface area contributed by atoms with Gasteiger partial charge < -0.3 is 15.0 Å². The topological polar surface area (TPSA) is 74.3 Å². The third kappa shape index (κ3) is 1.97. The van der Waals surface area contributed by atoms with Crippen LogP contribution in [-0.2, 0) is 9.84 Å². The molecule has 2 aromatic carbocycles. The Bertz CT molecular complexity index is 1030. The Morgan fingerprint density at radius 3 is 2.70 bits per heavy atom. The number of nitrogens with two attached hydrogens (primary N) is 1. The fraction of sp³-hybridized carbons (Fsp3) is 0.125. The Hall–Kier alpha value is -2.38. The Kier molecular flexibility index (Phi) is 2.97. The van der Waals surface area contributed by atoms with Crippen LogP contribution in [-0.4, -0.2) is 19.6 Å². The quantitative estimate of drug-likeness (QED) is 0.782. The van der Waals surface area contributed by atoms with Crippen LogP contribution in [0.15, 0.2) is 58.5 Å². The lowest BCUT2D eigenvalue weighted by Gasteiger charge is -2.22. The van der Waals surface area contributed by atoms with Crippen molar-refractivity contribution >= 4 is 20.7 Å². The van der Waals surface area contributed by atoms with Crippen molar-refractivity contribution in [2.24, 2.45) is 5.73 Å². The molecule has 0 spiro atoms. The standard InChI is InChI=1S/C16H13FN2O3S/c17-11-5-1-2-7-13(11)23(20,21)14-8-19-15(18)9-22-12-6-3-4-10(14)16(12)19/h1-8,15H,9,18H2. The fourth-order valence-electron chi connectivity index (χ4n) is 2.88. The van der Waals surface area contributed by atoms with E-state index in [4.69, 9.17) is 10.5 Å². The van der Waals surface area contributed by atoms with Crippen molar-refractivity contribution in [3.8, 4) is 5.75 Å². The number of nitrogens with zero attached hydrogens (tertiary/aromatic N) is 1. The zero-order chi connectivity index (χ0) is 16.2. The van der Waals surface area contributed by atoms with Crippen molar-refractivity contribution in [1.29, 1.82) is 0 Å². The predicted molar refractivity (Wildman–Crippen MR) is 82.5 cm³/mol. The maximum Gasteiger partial charge on any atom is 0.211 e. The molecule has 0 bridgehead atoms. The number of sulfone groups is 1. The van der Waals surface area contributed by atoms with Gasteiger partial charge in [0, 0.05) is 11.6 Å². The largest absolute Gasteiger partial charge is 0.488 e. The van der Waals surface area contributed by atoms with Gasteiger partial charge in [-0.3, -0.25) is 0 Å². The maximum atomic E-state index is 14.0. The summed E-state index contributed by atoms with van der Waals surface area (Å²) in [4.78, 5) is -0.321. The molecule has 1 aliphatic rings. The van der Waals surface area contributed by atoms with Crippen LogP contribution in [0.1, 0.15) is 6.17 Å². The summed E-state index contributed by atoms with van der Waals surface area (Å²) in [5, 5.41) is 0.473. The molecule has 4 rings (SSSR count). The summed E-state index contributed by atoms with van der Waals surface area (Å²) in [6.45, 7) is 0.250. The Morgan fingerprint density at radius 1 is 1.13 bits per heavy atom. The molecule has 5 nitrogen and oxygen atoms in total. The Morgan fingerprint density at radius 2 is 1.91 bits per heavy atom. The van der Waals surface area contributed by atoms with Crippen LogP contribution in [0.5, 0.6) is 5.75 Å². The summed E-state index contributed by atoms with van der Waals surface area (Å²) in [6, 6.07) is 10.5. The summed E-state index contributed by atoms with van der Waals surface area (Å²) in [5.41, 5.74) is 6.61. The number of aromatic nitrogens is 1. The molecule has 2 heterocycles. The van der Waals surface area contributed by atoms with Gasteiger partial charge in [-0.25, -0.2) is 12.8 Å². The molecule has 0 aliphatic carbocycles. The van der Waals surface area contributed by atoms with Crippen LogP contribution in [0.2, 0.25) is 0 Å². The smallest absolute Gasteiger partial charge is 0.211 e. The molecule has 0 amide bonds. The van der Waals surface area contributed by atoms with Crippen LogP contribution in [0, 0.1) is 5.82 Å². The number of hydrogen-bond donors (Lipinski definition) is 1. The number of benzene rings is 2. The lowest BCUT2D eigenvalue weighted by molar-refractivity contribution is 0.241. The minimum atomic E-state index is -4.00. The van der Waals surface area contributed by atoms with Crippen LogP contribution in [0.4, 0.5) is 4.39 Å². The molecular weight excluding hydrogens is 319 g/mol. The number of ether oxygens (including phenoxy) is 1. The summed E-state index contributed by atoms with van der Waals surface area (Å²) in [5.74, 6) is -0.209. The minimum Gasteiger partial charge on any atom is -0.488 e. The van der Waals surface area contributed by atoms with Crippen molar-refractivity contribution in [2.75, 3.05) is 6.61 Å². The Balaban J connectivity index is 2.05. The zero-order valence-corrected chi connectivity index (χ0v) is 12.8. The van der Waals surface area contributed by atoms with Crippen molar-refractivity contribution in [1.82, 2.24) is 4.57 Å². The number of para-hydroxylation sites is 1. The molecule has 0 fully saturated rings. The Labute approximate surface area is 132 Å². The lowest BCUT2D eigenvalue weighted by atomic mass is 10.2. The van der Waals surface area contributed by atoms with E-state index in [2.05, 4.69) is 0 Å². The van der Waals surface area contributed by atoms with E-state index < -0.39 is 21.8 Å². The van der Waals surface area contributed by atoms with E-state index in [1.165, 1.54) is 24.4 Å². The molecule has 1 unspecified atom stereocenters. The van der Waals surface area contributed by atoms with E-state index in [9.17, 15) is 12.8 Å². The van der Waals surface area contributed by atoms with Gasteiger partial charge in [-0.1, -0.05) is 24.3 Å². The van der Waals surface area contributed by atoms with Crippen molar-refractivity contribution in [3.63, 3.8) is 0 Å². The van der Waals surface area contributed by atoms with E-state index >= 15 is 0 Å². The van der Waals surface area contributed by atoms with Crippen LogP contribution in [0.25, 0.3) is 10.9 Å². The molecule has 118 valence electrons. The van der Waals surface area contributed by atoms with Crippen LogP contribution < -0.4 is 10.5 Å². The molecule has 2 N–H and O–H groups in total. The normalized spacial score (nSPS) is 17.2. The maximum absolute atomic E-state index is 14.0. The first-order valence-corrected chi connectivity index (χ1v) is 8.50. The van der Waals surface area contributed by atoms with Gasteiger partial charge in [-0.2, -0.15) is 0 Å². The van der Waals surface area contributed by atoms with Gasteiger partial charge in [0.25, 0.3) is 0 Å². The second-order valence-electron chi connectivity index (χ2n) is 5.37. The van der Waals surface area contributed by atoms with Crippen LogP contribution >= 0.6 is 0 Å². The monoisotopic (exact) mass is 332 g/mol. The molecule has 1 aliphatic heterocycles. The third-order valence-electron chi connectivity index (χ3n) is 3.96. The predicted octanol–water partition coefficient (Wildman–Crippen LogP) is 2.46. The van der Waals surface area contributed by atoms with E-state index in [-0.39, 0.29) is 16.4 Å². The summed E-state index contributed by atoms with van der Waals surface area (Å²) < 4.78 is 47.0. The highest BCUT2D eigenvalue weighted by atomic mass is 32.2. The first kappa shape index (κ1) is 14.2. The molecule has 3 aromatic rings. The van der Waals surface area contributed by atoms with Crippen molar-refractivity contribution < 1.29 is 17.5 Å². The average Bonchev–Trinajstić information content (AvgIpc) is 2.94. The summed E-state index contributed by atoms with van der Waals surface area (Å²) in [6.07, 6.45) is 0.973. The SMILES string of the molecule is NC1COc2cccc3c(S(=O)(=O)c4ccccc4F)cn1c23. The second-order valence-corrected chi connectivity index (χ2v) is 7.25. The molecule has 1 atom stereocenters. The van der Waals surface area contributed by atoms with Gasteiger partial charge in [-0.05, 0) is 18.2 Å². The molecule has 0 radical (unpaired) electrons. The van der Waals surface area contributed by atoms with E-state index in [1.54, 1.807) is 22.8 Å². The number of hydrogen-bond acceptors (Lipinski definition) is 4. The number of rotatable bonds is 2. The number of halogens is 1. The molecule has 23 heavy (non-hydrogen) atoms. The highest BCUT2D eigenvalue weighted by molar-refractivity contribution is 7.91. The van der Waals surface area contributed by atoms with E-state index in [0.29, 0.717) is 16.7 Å². The molecule has 0 saturated heterocycles. The van der Waals surface area contributed by atoms with Gasteiger partial charge in [0.05, 0.1) is 10.4 Å². The van der Waals surface area contributed by atoms with Crippen molar-refractivity contribution in [3.05, 3.63) is 54.5 Å². The first-order chi connectivity index (χ1) is 11.0. The summed E-state index contributed by atoms with van der Waals surface area (Å²) >= 11 is 0. The van der Waals surface area contributed by atoms with Crippen LogP contribution in [0.3, 0.4) is 0 Å². The van der Waals surface area contributed by atoms with Gasteiger partial charge in [-0.15, -0.1) is 0 Å². The molecule has 0 saturated carbocycles. The fourth-order valence-corrected chi connectivity index (χ4v) is 4.40. The van der Waals surface area contributed by atoms with Gasteiger partial charge in [0.2, 0.25) is 9.84 Å². The highest BCUT2D eigenvalue weighted by Gasteiger charge is 2.30. The summed E-state index contributed by atoms with van der Waals surface area (Å²) in [7, 11) is -4.00. The van der Waals surface area contributed by atoms with Gasteiger partial charge >= 0.3 is 0 Å². The third-order valence-corrected chi connectivity index (χ3v) is 5.78. The highest BCUT2D eigenvalue weighted by Crippen LogP contribution is 2.38. The molecule has 1 aromatic heterocycles. The van der Waals surface area contributed by atoms with E-state index in [1.807, 2.05) is 0 Å². The lowest BCUT2D eigenvalue weighted by Crippen LogP contribution is -2.28. The zero-order valence-electron chi connectivity index (χ0n) is 11.9. The average molecular weight is 332 g/mol. The first-order valence-electron chi connectivity index (χ1n) is 7.01. The van der Waals surface area contributed by atoms with Gasteiger partial charge in [0.15, 0.2) is 0 Å². The van der Waals surface area contributed by atoms with Gasteiger partial charge in [0.1, 0.15) is 29.2 Å². The second kappa shape index (κ2) is 4.81.